The predicted molar refractivity (Wildman–Crippen MR) is 140 cm³/mol. The number of nitrogens with one attached hydrogen (secondary N) is 1. The molecule has 1 aliphatic heterocycles. The number of aromatic nitrogens is 4. The number of ether oxygens (including phenoxy) is 1. The van der Waals surface area contributed by atoms with Gasteiger partial charge < -0.3 is 15.0 Å². The van der Waals surface area contributed by atoms with Crippen molar-refractivity contribution in [2.75, 3.05) is 24.6 Å². The summed E-state index contributed by atoms with van der Waals surface area (Å²) in [6.07, 6.45) is 2.57. The van der Waals surface area contributed by atoms with Gasteiger partial charge in [-0.3, -0.25) is 4.79 Å². The van der Waals surface area contributed by atoms with Crippen molar-refractivity contribution in [3.8, 4) is 17.1 Å². The van der Waals surface area contributed by atoms with Crippen LogP contribution in [0.15, 0.2) is 60.7 Å². The highest BCUT2D eigenvalue weighted by atomic mass is 16.5. The van der Waals surface area contributed by atoms with Crippen molar-refractivity contribution in [1.82, 2.24) is 25.1 Å². The lowest BCUT2D eigenvalue weighted by Crippen LogP contribution is -2.40. The Morgan fingerprint density at radius 2 is 1.81 bits per heavy atom. The number of hydrogen-bond acceptors (Lipinski definition) is 6. The van der Waals surface area contributed by atoms with Crippen molar-refractivity contribution in [3.63, 3.8) is 0 Å². The lowest BCUT2D eigenvalue weighted by Gasteiger charge is -2.32. The van der Waals surface area contributed by atoms with Crippen LogP contribution in [0.25, 0.3) is 17.0 Å². The second-order valence-electron chi connectivity index (χ2n) is 9.27. The molecule has 5 rings (SSSR count). The fourth-order valence-electron chi connectivity index (χ4n) is 4.57. The Bertz CT molecular complexity index is 1330. The standard InChI is InChI=1S/C28H32N6O2/c1-3-18-36-23-10-8-21(9-11-23)19-29-28(35)22-14-16-33(17-15-22)26-13-12-25-30-31-27(34(25)32-26)24-7-5-4-6-20(24)2/h4-13,22H,3,14-19H2,1-2H3,(H,29,35). The average molecular weight is 485 g/mol. The van der Waals surface area contributed by atoms with Gasteiger partial charge in [-0.05, 0) is 61.6 Å². The summed E-state index contributed by atoms with van der Waals surface area (Å²) in [7, 11) is 0. The lowest BCUT2D eigenvalue weighted by molar-refractivity contribution is -0.125. The van der Waals surface area contributed by atoms with Gasteiger partial charge in [0.1, 0.15) is 11.6 Å². The molecule has 2 aromatic heterocycles. The second-order valence-corrected chi connectivity index (χ2v) is 9.27. The zero-order valence-corrected chi connectivity index (χ0v) is 20.9. The highest BCUT2D eigenvalue weighted by Crippen LogP contribution is 2.25. The molecule has 0 radical (unpaired) electrons. The smallest absolute Gasteiger partial charge is 0.223 e. The zero-order chi connectivity index (χ0) is 24.9. The first-order chi connectivity index (χ1) is 17.6. The largest absolute Gasteiger partial charge is 0.494 e. The number of carbonyl (C=O) groups is 1. The van der Waals surface area contributed by atoms with Gasteiger partial charge in [0.05, 0.1) is 6.61 Å². The van der Waals surface area contributed by atoms with Crippen LogP contribution in [0.1, 0.15) is 37.3 Å². The fraction of sp³-hybridized carbons (Fsp3) is 0.357. The van der Waals surface area contributed by atoms with Crippen LogP contribution >= 0.6 is 0 Å². The number of amides is 1. The van der Waals surface area contributed by atoms with Crippen LogP contribution in [0.4, 0.5) is 5.82 Å². The van der Waals surface area contributed by atoms with E-state index in [2.05, 4.69) is 40.3 Å². The number of nitrogens with zero attached hydrogens (tertiary/aromatic N) is 5. The van der Waals surface area contributed by atoms with Crippen molar-refractivity contribution in [1.29, 1.82) is 0 Å². The summed E-state index contributed by atoms with van der Waals surface area (Å²) in [6, 6.07) is 20.0. The Balaban J connectivity index is 1.18. The number of anilines is 1. The first-order valence-corrected chi connectivity index (χ1v) is 12.6. The normalized spacial score (nSPS) is 14.2. The minimum atomic E-state index is 0.00887. The molecule has 0 spiro atoms. The molecule has 0 atom stereocenters. The number of benzene rings is 2. The quantitative estimate of drug-likeness (QED) is 0.399. The summed E-state index contributed by atoms with van der Waals surface area (Å²) >= 11 is 0. The van der Waals surface area contributed by atoms with Gasteiger partial charge in [0.25, 0.3) is 0 Å². The predicted octanol–water partition coefficient (Wildman–Crippen LogP) is 4.42. The Kier molecular flexibility index (Phi) is 7.11. The fourth-order valence-corrected chi connectivity index (χ4v) is 4.57. The van der Waals surface area contributed by atoms with E-state index < -0.39 is 0 Å². The second kappa shape index (κ2) is 10.8. The van der Waals surface area contributed by atoms with Crippen LogP contribution < -0.4 is 15.0 Å². The van der Waals surface area contributed by atoms with E-state index in [1.807, 2.05) is 59.1 Å². The van der Waals surface area contributed by atoms with Crippen molar-refractivity contribution in [2.45, 2.75) is 39.7 Å². The molecular weight excluding hydrogens is 452 g/mol. The zero-order valence-electron chi connectivity index (χ0n) is 20.9. The van der Waals surface area contributed by atoms with Gasteiger partial charge in [-0.1, -0.05) is 43.3 Å². The summed E-state index contributed by atoms with van der Waals surface area (Å²) < 4.78 is 7.44. The molecule has 8 nitrogen and oxygen atoms in total. The van der Waals surface area contributed by atoms with E-state index in [0.29, 0.717) is 13.2 Å². The van der Waals surface area contributed by atoms with Crippen molar-refractivity contribution in [2.24, 2.45) is 5.92 Å². The Morgan fingerprint density at radius 1 is 1.03 bits per heavy atom. The summed E-state index contributed by atoms with van der Waals surface area (Å²) in [5.74, 6) is 2.61. The monoisotopic (exact) mass is 484 g/mol. The Morgan fingerprint density at radius 3 is 2.56 bits per heavy atom. The summed E-state index contributed by atoms with van der Waals surface area (Å²) in [5.41, 5.74) is 3.94. The third-order valence-electron chi connectivity index (χ3n) is 6.69. The van der Waals surface area contributed by atoms with Gasteiger partial charge >= 0.3 is 0 Å². The van der Waals surface area contributed by atoms with E-state index in [1.165, 1.54) is 0 Å². The van der Waals surface area contributed by atoms with Crippen LogP contribution in [0.2, 0.25) is 0 Å². The summed E-state index contributed by atoms with van der Waals surface area (Å²) in [4.78, 5) is 15.0. The maximum Gasteiger partial charge on any atom is 0.223 e. The SMILES string of the molecule is CCCOc1ccc(CNC(=O)C2CCN(c3ccc4nnc(-c5ccccc5C)n4n3)CC2)cc1. The molecule has 1 N–H and O–H groups in total. The third-order valence-corrected chi connectivity index (χ3v) is 6.69. The average Bonchev–Trinajstić information content (AvgIpc) is 3.34. The molecule has 0 saturated carbocycles. The Hall–Kier alpha value is -3.94. The van der Waals surface area contributed by atoms with Crippen LogP contribution in [0.3, 0.4) is 0 Å². The third kappa shape index (κ3) is 5.17. The number of hydrogen-bond donors (Lipinski definition) is 1. The van der Waals surface area contributed by atoms with Crippen LogP contribution in [0, 0.1) is 12.8 Å². The molecule has 186 valence electrons. The first-order valence-electron chi connectivity index (χ1n) is 12.6. The molecule has 0 bridgehead atoms. The number of fused-ring (bicyclic) bond motifs is 1. The van der Waals surface area contributed by atoms with Crippen molar-refractivity contribution in [3.05, 3.63) is 71.8 Å². The first kappa shape index (κ1) is 23.8. The van der Waals surface area contributed by atoms with Crippen LogP contribution in [-0.4, -0.2) is 45.4 Å². The highest BCUT2D eigenvalue weighted by molar-refractivity contribution is 5.79. The van der Waals surface area contributed by atoms with Gasteiger partial charge in [0, 0.05) is 31.1 Å². The molecule has 1 saturated heterocycles. The molecular formula is C28H32N6O2. The molecule has 0 unspecified atom stereocenters. The molecule has 0 aliphatic carbocycles. The molecule has 1 amide bonds. The molecule has 3 heterocycles. The Labute approximate surface area is 211 Å². The number of carbonyl (C=O) groups excluding carboxylic acids is 1. The lowest BCUT2D eigenvalue weighted by atomic mass is 9.96. The van der Waals surface area contributed by atoms with E-state index in [1.54, 1.807) is 0 Å². The van der Waals surface area contributed by atoms with E-state index in [-0.39, 0.29) is 11.8 Å². The van der Waals surface area contributed by atoms with E-state index in [0.717, 1.165) is 72.1 Å². The molecule has 1 aliphatic rings. The minimum absolute atomic E-state index is 0.00887. The van der Waals surface area contributed by atoms with E-state index in [4.69, 9.17) is 9.84 Å². The summed E-state index contributed by atoms with van der Waals surface area (Å²) in [6.45, 7) is 6.95. The number of rotatable bonds is 8. The molecule has 8 heteroatoms. The molecule has 1 fully saturated rings. The maximum atomic E-state index is 12.8. The summed E-state index contributed by atoms with van der Waals surface area (Å²) in [5, 5.41) is 16.6. The van der Waals surface area contributed by atoms with E-state index in [9.17, 15) is 4.79 Å². The highest BCUT2D eigenvalue weighted by Gasteiger charge is 2.26. The topological polar surface area (TPSA) is 84.6 Å². The molecule has 4 aromatic rings. The minimum Gasteiger partial charge on any atom is -0.494 e. The molecule has 36 heavy (non-hydrogen) atoms. The van der Waals surface area contributed by atoms with Gasteiger partial charge in [-0.2, -0.15) is 4.52 Å². The molecule has 2 aromatic carbocycles. The van der Waals surface area contributed by atoms with Crippen LogP contribution in [-0.2, 0) is 11.3 Å². The van der Waals surface area contributed by atoms with Gasteiger partial charge in [0.2, 0.25) is 5.91 Å². The van der Waals surface area contributed by atoms with Crippen LogP contribution in [0.5, 0.6) is 5.75 Å². The van der Waals surface area contributed by atoms with E-state index >= 15 is 0 Å². The van der Waals surface area contributed by atoms with Gasteiger partial charge in [-0.15, -0.1) is 15.3 Å². The maximum absolute atomic E-state index is 12.8. The van der Waals surface area contributed by atoms with Gasteiger partial charge in [0.15, 0.2) is 11.5 Å². The number of piperidine rings is 1. The van der Waals surface area contributed by atoms with Gasteiger partial charge in [-0.25, -0.2) is 0 Å². The number of aryl methyl sites for hydroxylation is 1. The van der Waals surface area contributed by atoms with Crippen molar-refractivity contribution < 1.29 is 9.53 Å². The van der Waals surface area contributed by atoms with Crippen molar-refractivity contribution >= 4 is 17.4 Å².